The summed E-state index contributed by atoms with van der Waals surface area (Å²) < 4.78 is 6.48. The van der Waals surface area contributed by atoms with Crippen molar-refractivity contribution in [3.63, 3.8) is 0 Å². The van der Waals surface area contributed by atoms with Gasteiger partial charge in [0.1, 0.15) is 5.69 Å². The van der Waals surface area contributed by atoms with E-state index < -0.39 is 16.2 Å². The van der Waals surface area contributed by atoms with Gasteiger partial charge in [-0.05, 0) is 31.2 Å². The molecule has 0 N–H and O–H groups in total. The number of fused-ring (bicyclic) bond motifs is 1. The molecule has 1 fully saturated rings. The third-order valence-corrected chi connectivity index (χ3v) is 5.30. The summed E-state index contributed by atoms with van der Waals surface area (Å²) in [5.41, 5.74) is 0.822. The van der Waals surface area contributed by atoms with Gasteiger partial charge >= 0.3 is 11.2 Å². The number of nitro groups is 1. The molecule has 29 heavy (non-hydrogen) atoms. The first-order valence-electron chi connectivity index (χ1n) is 9.24. The molecule has 1 aromatic carbocycles. The molecule has 0 radical (unpaired) electrons. The van der Waals surface area contributed by atoms with Crippen molar-refractivity contribution in [3.05, 3.63) is 68.4 Å². The Morgan fingerprint density at radius 2 is 1.90 bits per heavy atom. The average molecular weight is 396 g/mol. The molecule has 0 unspecified atom stereocenters. The molecule has 150 valence electrons. The van der Waals surface area contributed by atoms with Crippen LogP contribution < -0.4 is 10.5 Å². The minimum atomic E-state index is -0.643. The first-order chi connectivity index (χ1) is 13.9. The standard InChI is InChI=1S/C20H20N4O5/c1-13-5-6-15-14(12-13)17(18(24(27)28)20(26)21(15)2)22-7-9-23(10-8-22)19(25)16-4-3-11-29-16/h3-6,11-12H,7-10H2,1-2H3. The van der Waals surface area contributed by atoms with Gasteiger partial charge in [0.25, 0.3) is 5.91 Å². The number of carbonyl (C=O) groups is 1. The van der Waals surface area contributed by atoms with Crippen LogP contribution >= 0.6 is 0 Å². The molecule has 3 heterocycles. The van der Waals surface area contributed by atoms with E-state index in [2.05, 4.69) is 0 Å². The predicted octanol–water partition coefficient (Wildman–Crippen LogP) is 2.31. The van der Waals surface area contributed by atoms with E-state index in [0.29, 0.717) is 42.8 Å². The van der Waals surface area contributed by atoms with Gasteiger partial charge in [0.15, 0.2) is 5.76 Å². The fraction of sp³-hybridized carbons (Fsp3) is 0.300. The maximum atomic E-state index is 12.7. The molecule has 3 aromatic rings. The van der Waals surface area contributed by atoms with Crippen LogP contribution in [-0.2, 0) is 7.05 Å². The number of carbonyl (C=O) groups excluding carboxylic acids is 1. The molecular formula is C20H20N4O5. The number of hydrogen-bond acceptors (Lipinski definition) is 6. The molecule has 2 aromatic heterocycles. The van der Waals surface area contributed by atoms with Crippen LogP contribution in [0.25, 0.3) is 10.9 Å². The van der Waals surface area contributed by atoms with Crippen molar-refractivity contribution >= 4 is 28.2 Å². The highest BCUT2D eigenvalue weighted by Gasteiger charge is 2.32. The zero-order valence-corrected chi connectivity index (χ0v) is 16.1. The Morgan fingerprint density at radius 1 is 1.17 bits per heavy atom. The highest BCUT2D eigenvalue weighted by molar-refractivity contribution is 5.97. The zero-order chi connectivity index (χ0) is 20.7. The topological polar surface area (TPSA) is 102 Å². The monoisotopic (exact) mass is 396 g/mol. The van der Waals surface area contributed by atoms with Gasteiger partial charge in [-0.2, -0.15) is 0 Å². The lowest BCUT2D eigenvalue weighted by molar-refractivity contribution is -0.385. The average Bonchev–Trinajstić information content (AvgIpc) is 3.24. The molecule has 0 saturated carbocycles. The van der Waals surface area contributed by atoms with Crippen molar-refractivity contribution < 1.29 is 14.1 Å². The van der Waals surface area contributed by atoms with Crippen LogP contribution in [0.2, 0.25) is 0 Å². The lowest BCUT2D eigenvalue weighted by Gasteiger charge is -2.36. The largest absolute Gasteiger partial charge is 0.459 e. The number of amides is 1. The summed E-state index contributed by atoms with van der Waals surface area (Å²) >= 11 is 0. The van der Waals surface area contributed by atoms with Gasteiger partial charge in [-0.3, -0.25) is 19.7 Å². The van der Waals surface area contributed by atoms with Crippen molar-refractivity contribution in [2.45, 2.75) is 6.92 Å². The van der Waals surface area contributed by atoms with E-state index in [0.717, 1.165) is 5.56 Å². The third-order valence-electron chi connectivity index (χ3n) is 5.30. The first kappa shape index (κ1) is 18.7. The van der Waals surface area contributed by atoms with Crippen molar-refractivity contribution in [2.75, 3.05) is 31.1 Å². The first-order valence-corrected chi connectivity index (χ1v) is 9.24. The molecule has 9 heteroatoms. The molecule has 0 bridgehead atoms. The minimum absolute atomic E-state index is 0.214. The summed E-state index contributed by atoms with van der Waals surface area (Å²) in [6.45, 7) is 3.41. The molecule has 0 atom stereocenters. The van der Waals surface area contributed by atoms with E-state index in [-0.39, 0.29) is 11.7 Å². The number of anilines is 1. The van der Waals surface area contributed by atoms with Crippen LogP contribution in [0.4, 0.5) is 11.4 Å². The Balaban J connectivity index is 1.74. The molecule has 1 aliphatic rings. The lowest BCUT2D eigenvalue weighted by Crippen LogP contribution is -2.49. The summed E-state index contributed by atoms with van der Waals surface area (Å²) in [5.74, 6) is 0.0490. The summed E-state index contributed by atoms with van der Waals surface area (Å²) in [7, 11) is 1.54. The Bertz CT molecular complexity index is 1160. The van der Waals surface area contributed by atoms with Crippen LogP contribution in [0.3, 0.4) is 0 Å². The fourth-order valence-corrected chi connectivity index (χ4v) is 3.80. The van der Waals surface area contributed by atoms with Crippen LogP contribution in [0, 0.1) is 17.0 Å². The van der Waals surface area contributed by atoms with Gasteiger partial charge in [-0.1, -0.05) is 11.6 Å². The number of furan rings is 1. The van der Waals surface area contributed by atoms with E-state index in [1.165, 1.54) is 17.9 Å². The molecule has 1 aliphatic heterocycles. The van der Waals surface area contributed by atoms with Crippen molar-refractivity contribution in [3.8, 4) is 0 Å². The fourth-order valence-electron chi connectivity index (χ4n) is 3.80. The number of aryl methyl sites for hydroxylation is 2. The van der Waals surface area contributed by atoms with E-state index in [9.17, 15) is 19.7 Å². The number of pyridine rings is 1. The van der Waals surface area contributed by atoms with Gasteiger partial charge in [0, 0.05) is 38.6 Å². The van der Waals surface area contributed by atoms with Gasteiger partial charge in [-0.15, -0.1) is 0 Å². The summed E-state index contributed by atoms with van der Waals surface area (Å²) in [4.78, 5) is 39.9. The van der Waals surface area contributed by atoms with E-state index in [4.69, 9.17) is 4.42 Å². The molecule has 0 spiro atoms. The van der Waals surface area contributed by atoms with Crippen LogP contribution in [0.1, 0.15) is 16.1 Å². The molecular weight excluding hydrogens is 376 g/mol. The maximum absolute atomic E-state index is 12.7. The number of nitrogens with zero attached hydrogens (tertiary/aromatic N) is 4. The smallest absolute Gasteiger partial charge is 0.357 e. The van der Waals surface area contributed by atoms with Crippen LogP contribution in [0.15, 0.2) is 45.8 Å². The second kappa shape index (κ2) is 7.08. The number of piperazine rings is 1. The number of aromatic nitrogens is 1. The Kier molecular flexibility index (Phi) is 4.57. The second-order valence-corrected chi connectivity index (χ2v) is 7.10. The number of benzene rings is 1. The SMILES string of the molecule is Cc1ccc2c(c1)c(N1CCN(C(=O)c3ccco3)CC1)c([N+](=O)[O-])c(=O)n2C. The maximum Gasteiger partial charge on any atom is 0.357 e. The molecule has 9 nitrogen and oxygen atoms in total. The van der Waals surface area contributed by atoms with Gasteiger partial charge in [-0.25, -0.2) is 0 Å². The Labute approximate surface area is 165 Å². The molecule has 1 saturated heterocycles. The van der Waals surface area contributed by atoms with Gasteiger partial charge in [0.2, 0.25) is 0 Å². The zero-order valence-electron chi connectivity index (χ0n) is 16.1. The predicted molar refractivity (Wildman–Crippen MR) is 107 cm³/mol. The van der Waals surface area contributed by atoms with E-state index in [1.807, 2.05) is 24.0 Å². The van der Waals surface area contributed by atoms with Crippen molar-refractivity contribution in [2.24, 2.45) is 7.05 Å². The quantitative estimate of drug-likeness (QED) is 0.497. The summed E-state index contributed by atoms with van der Waals surface area (Å²) in [6, 6.07) is 8.79. The highest BCUT2D eigenvalue weighted by atomic mass is 16.6. The number of hydrogen-bond donors (Lipinski definition) is 0. The molecule has 0 aliphatic carbocycles. The Hall–Kier alpha value is -3.62. The van der Waals surface area contributed by atoms with Gasteiger partial charge < -0.3 is 18.8 Å². The van der Waals surface area contributed by atoms with Gasteiger partial charge in [0.05, 0.1) is 16.7 Å². The van der Waals surface area contributed by atoms with Crippen LogP contribution in [-0.4, -0.2) is 46.5 Å². The lowest BCUT2D eigenvalue weighted by atomic mass is 10.1. The number of rotatable bonds is 3. The van der Waals surface area contributed by atoms with E-state index >= 15 is 0 Å². The van der Waals surface area contributed by atoms with Crippen LogP contribution in [0.5, 0.6) is 0 Å². The summed E-state index contributed by atoms with van der Waals surface area (Å²) in [6.07, 6.45) is 1.45. The normalized spacial score (nSPS) is 14.4. The van der Waals surface area contributed by atoms with Crippen molar-refractivity contribution in [1.82, 2.24) is 9.47 Å². The Morgan fingerprint density at radius 3 is 2.52 bits per heavy atom. The highest BCUT2D eigenvalue weighted by Crippen LogP contribution is 2.34. The van der Waals surface area contributed by atoms with Crippen molar-refractivity contribution in [1.29, 1.82) is 0 Å². The molecule has 4 rings (SSSR count). The third kappa shape index (κ3) is 3.14. The molecule has 1 amide bonds. The van der Waals surface area contributed by atoms with E-state index in [1.54, 1.807) is 23.1 Å². The second-order valence-electron chi connectivity index (χ2n) is 7.10. The summed E-state index contributed by atoms with van der Waals surface area (Å²) in [5, 5.41) is 12.4. The minimum Gasteiger partial charge on any atom is -0.459 e.